The van der Waals surface area contributed by atoms with Crippen LogP contribution in [-0.4, -0.2) is 57.3 Å². The van der Waals surface area contributed by atoms with E-state index in [-0.39, 0.29) is 17.6 Å². The van der Waals surface area contributed by atoms with Gasteiger partial charge in [0.2, 0.25) is 16.0 Å². The highest BCUT2D eigenvalue weighted by molar-refractivity contribution is 7.90. The van der Waals surface area contributed by atoms with Gasteiger partial charge < -0.3 is 10.1 Å². The predicted molar refractivity (Wildman–Crippen MR) is 120 cm³/mol. The molecule has 6 rings (SSSR count). The molecule has 0 spiro atoms. The first-order valence-electron chi connectivity index (χ1n) is 11.1. The molecule has 33 heavy (non-hydrogen) atoms. The van der Waals surface area contributed by atoms with Gasteiger partial charge in [-0.3, -0.25) is 4.40 Å². The Morgan fingerprint density at radius 2 is 2.12 bits per heavy atom. The van der Waals surface area contributed by atoms with Gasteiger partial charge in [-0.25, -0.2) is 17.8 Å². The van der Waals surface area contributed by atoms with Crippen LogP contribution in [0.2, 0.25) is 0 Å². The van der Waals surface area contributed by atoms with E-state index in [1.54, 1.807) is 27.3 Å². The number of rotatable bonds is 6. The lowest BCUT2D eigenvalue weighted by Crippen LogP contribution is -2.36. The van der Waals surface area contributed by atoms with Crippen molar-refractivity contribution >= 4 is 27.2 Å². The zero-order valence-electron chi connectivity index (χ0n) is 17.9. The molecule has 0 radical (unpaired) electrons. The molecule has 0 saturated heterocycles. The average Bonchev–Trinajstić information content (AvgIpc) is 3.39. The Labute approximate surface area is 190 Å². The standard InChI is InChI=1S/C22H23FN6O3S/c23-19-3-4-20-16(7-10-32-20)18(19)12-25-22-24-11-17(21-27-26-13-29(21)22)14-5-8-28(9-6-14)33(30,31)15-1-2-15/h3-5,11,13,15H,1-2,6-10,12H2,(H,24,25). The summed E-state index contributed by atoms with van der Waals surface area (Å²) in [6.07, 6.45) is 8.01. The summed E-state index contributed by atoms with van der Waals surface area (Å²) in [5, 5.41) is 11.3. The molecule has 1 aliphatic carbocycles. The molecular formula is C22H23FN6O3S. The van der Waals surface area contributed by atoms with E-state index in [1.807, 2.05) is 6.08 Å². The van der Waals surface area contributed by atoms with Crippen LogP contribution in [-0.2, 0) is 23.0 Å². The Hall–Kier alpha value is -3.05. The summed E-state index contributed by atoms with van der Waals surface area (Å²) in [6, 6.07) is 3.09. The second-order valence-corrected chi connectivity index (χ2v) is 10.8. The molecule has 1 saturated carbocycles. The van der Waals surface area contributed by atoms with Crippen molar-refractivity contribution in [1.29, 1.82) is 0 Å². The van der Waals surface area contributed by atoms with Crippen LogP contribution in [0, 0.1) is 5.82 Å². The zero-order chi connectivity index (χ0) is 22.6. The highest BCUT2D eigenvalue weighted by Gasteiger charge is 2.40. The molecule has 3 aromatic rings. The van der Waals surface area contributed by atoms with Gasteiger partial charge in [-0.15, -0.1) is 10.2 Å². The minimum Gasteiger partial charge on any atom is -0.493 e. The SMILES string of the molecule is O=S(=O)(C1CC1)N1CC=C(c2cnc(NCc3c(F)ccc4c3CCO4)n3cnnc23)CC1. The molecule has 11 heteroatoms. The molecular weight excluding hydrogens is 447 g/mol. The lowest BCUT2D eigenvalue weighted by molar-refractivity contribution is 0.356. The molecule has 2 aliphatic heterocycles. The quantitative estimate of drug-likeness (QED) is 0.590. The smallest absolute Gasteiger partial charge is 0.217 e. The van der Waals surface area contributed by atoms with Gasteiger partial charge in [0.15, 0.2) is 5.65 Å². The third-order valence-corrected chi connectivity index (χ3v) is 8.89. The largest absolute Gasteiger partial charge is 0.493 e. The Bertz CT molecular complexity index is 1380. The van der Waals surface area contributed by atoms with E-state index in [0.717, 1.165) is 35.3 Å². The van der Waals surface area contributed by atoms with E-state index in [4.69, 9.17) is 4.74 Å². The first-order valence-corrected chi connectivity index (χ1v) is 12.6. The third kappa shape index (κ3) is 3.55. The average molecular weight is 471 g/mol. The number of fused-ring (bicyclic) bond motifs is 2. The van der Waals surface area contributed by atoms with Crippen LogP contribution in [0.5, 0.6) is 5.75 Å². The highest BCUT2D eigenvalue weighted by atomic mass is 32.2. The maximum absolute atomic E-state index is 14.5. The number of ether oxygens (including phenoxy) is 1. The molecule has 1 N–H and O–H groups in total. The van der Waals surface area contributed by atoms with E-state index in [2.05, 4.69) is 20.5 Å². The van der Waals surface area contributed by atoms with Gasteiger partial charge in [0.25, 0.3) is 0 Å². The fraction of sp³-hybridized carbons (Fsp3) is 0.409. The van der Waals surface area contributed by atoms with Crippen molar-refractivity contribution in [3.8, 4) is 5.75 Å². The van der Waals surface area contributed by atoms with Crippen molar-refractivity contribution in [1.82, 2.24) is 23.9 Å². The van der Waals surface area contributed by atoms with Gasteiger partial charge in [-0.2, -0.15) is 4.31 Å². The Balaban J connectivity index is 1.25. The van der Waals surface area contributed by atoms with Crippen LogP contribution in [0.15, 0.2) is 30.7 Å². The first kappa shape index (κ1) is 20.5. The van der Waals surface area contributed by atoms with Crippen molar-refractivity contribution in [2.75, 3.05) is 25.0 Å². The lowest BCUT2D eigenvalue weighted by Gasteiger charge is -2.26. The number of nitrogens with one attached hydrogen (secondary N) is 1. The molecule has 4 heterocycles. The van der Waals surface area contributed by atoms with Crippen molar-refractivity contribution < 1.29 is 17.5 Å². The number of sulfonamides is 1. The molecule has 172 valence electrons. The molecule has 2 aromatic heterocycles. The third-order valence-electron chi connectivity index (χ3n) is 6.52. The number of hydrogen-bond donors (Lipinski definition) is 1. The van der Waals surface area contributed by atoms with Crippen molar-refractivity contribution in [2.24, 2.45) is 0 Å². The summed E-state index contributed by atoms with van der Waals surface area (Å²) in [5.41, 5.74) is 3.90. The number of nitrogens with zero attached hydrogens (tertiary/aromatic N) is 5. The van der Waals surface area contributed by atoms with Gasteiger partial charge >= 0.3 is 0 Å². The van der Waals surface area contributed by atoms with Gasteiger partial charge in [-0.05, 0) is 37.0 Å². The Morgan fingerprint density at radius 1 is 1.24 bits per heavy atom. The topological polar surface area (TPSA) is 102 Å². The minimum absolute atomic E-state index is 0.204. The van der Waals surface area contributed by atoms with E-state index in [1.165, 1.54) is 6.07 Å². The van der Waals surface area contributed by atoms with Gasteiger partial charge in [0, 0.05) is 48.9 Å². The molecule has 0 amide bonds. The molecule has 0 bridgehead atoms. The van der Waals surface area contributed by atoms with E-state index in [0.29, 0.717) is 49.7 Å². The Kier molecular flexibility index (Phi) is 4.84. The summed E-state index contributed by atoms with van der Waals surface area (Å²) < 4.78 is 48.3. The summed E-state index contributed by atoms with van der Waals surface area (Å²) in [6.45, 7) is 1.62. The monoisotopic (exact) mass is 470 g/mol. The van der Waals surface area contributed by atoms with Crippen LogP contribution < -0.4 is 10.1 Å². The van der Waals surface area contributed by atoms with E-state index >= 15 is 0 Å². The van der Waals surface area contributed by atoms with Crippen molar-refractivity contribution in [3.63, 3.8) is 0 Å². The summed E-state index contributed by atoms with van der Waals surface area (Å²) >= 11 is 0. The predicted octanol–water partition coefficient (Wildman–Crippen LogP) is 2.39. The molecule has 9 nitrogen and oxygen atoms in total. The normalized spacial score (nSPS) is 18.8. The Morgan fingerprint density at radius 3 is 2.91 bits per heavy atom. The second-order valence-electron chi connectivity index (χ2n) is 8.56. The van der Waals surface area contributed by atoms with E-state index < -0.39 is 10.0 Å². The van der Waals surface area contributed by atoms with Crippen LogP contribution >= 0.6 is 0 Å². The summed E-state index contributed by atoms with van der Waals surface area (Å²) in [4.78, 5) is 4.54. The van der Waals surface area contributed by atoms with Gasteiger partial charge in [0.1, 0.15) is 17.9 Å². The maximum Gasteiger partial charge on any atom is 0.217 e. The van der Waals surface area contributed by atoms with Gasteiger partial charge in [-0.1, -0.05) is 6.08 Å². The van der Waals surface area contributed by atoms with Gasteiger partial charge in [0.05, 0.1) is 11.9 Å². The van der Waals surface area contributed by atoms with Crippen molar-refractivity contribution in [2.45, 2.75) is 37.5 Å². The highest BCUT2D eigenvalue weighted by Crippen LogP contribution is 2.34. The molecule has 1 aromatic carbocycles. The molecule has 3 aliphatic rings. The number of anilines is 1. The molecule has 0 unspecified atom stereocenters. The second kappa shape index (κ2) is 7.77. The number of hydrogen-bond acceptors (Lipinski definition) is 7. The number of aromatic nitrogens is 4. The maximum atomic E-state index is 14.5. The first-order chi connectivity index (χ1) is 16.0. The van der Waals surface area contributed by atoms with Crippen molar-refractivity contribution in [3.05, 3.63) is 53.2 Å². The molecule has 1 fully saturated rings. The minimum atomic E-state index is -3.18. The van der Waals surface area contributed by atoms with Crippen LogP contribution in [0.3, 0.4) is 0 Å². The summed E-state index contributed by atoms with van der Waals surface area (Å²) in [5.74, 6) is 0.957. The zero-order valence-corrected chi connectivity index (χ0v) is 18.7. The fourth-order valence-electron chi connectivity index (χ4n) is 4.55. The number of benzene rings is 1. The fourth-order valence-corrected chi connectivity index (χ4v) is 6.33. The summed E-state index contributed by atoms with van der Waals surface area (Å²) in [7, 11) is -3.18. The van der Waals surface area contributed by atoms with Crippen LogP contribution in [0.25, 0.3) is 11.2 Å². The molecule has 0 atom stereocenters. The van der Waals surface area contributed by atoms with Crippen LogP contribution in [0.4, 0.5) is 10.3 Å². The van der Waals surface area contributed by atoms with Crippen LogP contribution in [0.1, 0.15) is 36.0 Å². The lowest BCUT2D eigenvalue weighted by atomic mass is 10.0. The number of halogens is 1. The van der Waals surface area contributed by atoms with E-state index in [9.17, 15) is 12.8 Å².